The molecule has 0 bridgehead atoms. The van der Waals surface area contributed by atoms with Crippen LogP contribution in [0.1, 0.15) is 11.1 Å². The Labute approximate surface area is 158 Å². The molecule has 0 radical (unpaired) electrons. The first-order valence-corrected chi connectivity index (χ1v) is 9.35. The third-order valence-corrected chi connectivity index (χ3v) is 6.00. The van der Waals surface area contributed by atoms with Crippen LogP contribution in [0, 0.1) is 0 Å². The molecule has 0 aliphatic rings. The average Bonchev–Trinajstić information content (AvgIpc) is 2.63. The summed E-state index contributed by atoms with van der Waals surface area (Å²) in [6, 6.07) is 25.4. The molecule has 0 atom stereocenters. The molecule has 0 aliphatic heterocycles. The molecule has 0 spiro atoms. The van der Waals surface area contributed by atoms with E-state index in [1.54, 1.807) is 0 Å². The fourth-order valence-electron chi connectivity index (χ4n) is 2.94. The summed E-state index contributed by atoms with van der Waals surface area (Å²) in [6.45, 7) is 0. The van der Waals surface area contributed by atoms with Crippen LogP contribution in [0.15, 0.2) is 81.7 Å². The normalized spacial score (nSPS) is 11.6. The molecule has 4 aromatic carbocycles. The molecule has 0 unspecified atom stereocenters. The summed E-state index contributed by atoms with van der Waals surface area (Å²) >= 11 is 7.50. The van der Waals surface area contributed by atoms with Crippen molar-refractivity contribution < 1.29 is 0 Å². The van der Waals surface area contributed by atoms with Gasteiger partial charge in [-0.2, -0.15) is 0 Å². The van der Waals surface area contributed by atoms with E-state index in [9.17, 15) is 0 Å². The van der Waals surface area contributed by atoms with Crippen molar-refractivity contribution in [1.29, 1.82) is 0 Å². The first-order chi connectivity index (χ1) is 11.7. The van der Waals surface area contributed by atoms with Gasteiger partial charge in [0.05, 0.1) is 0 Å². The number of benzene rings is 4. The summed E-state index contributed by atoms with van der Waals surface area (Å²) in [5, 5.41) is 4.95. The molecule has 0 nitrogen and oxygen atoms in total. The molecule has 0 aliphatic carbocycles. The van der Waals surface area contributed by atoms with Crippen molar-refractivity contribution in [2.45, 2.75) is 0 Å². The van der Waals surface area contributed by atoms with E-state index in [0.29, 0.717) is 0 Å². The molecule has 4 aromatic rings. The topological polar surface area (TPSA) is 0 Å². The number of hydrogen-bond donors (Lipinski definition) is 0. The van der Waals surface area contributed by atoms with Gasteiger partial charge in [0.15, 0.2) is 0 Å². The van der Waals surface area contributed by atoms with E-state index in [-0.39, 0.29) is 0 Å². The summed E-state index contributed by atoms with van der Waals surface area (Å²) in [4.78, 5) is 0. The lowest BCUT2D eigenvalue weighted by molar-refractivity contribution is 1.64. The highest BCUT2D eigenvalue weighted by Crippen LogP contribution is 2.31. The minimum Gasteiger partial charge on any atom is -0.0616 e. The van der Waals surface area contributed by atoms with Crippen molar-refractivity contribution in [3.63, 3.8) is 0 Å². The maximum absolute atomic E-state index is 3.75. The molecule has 0 saturated carbocycles. The largest absolute Gasteiger partial charge is 0.0616 e. The molecule has 2 heteroatoms. The van der Waals surface area contributed by atoms with Crippen molar-refractivity contribution in [1.82, 2.24) is 0 Å². The van der Waals surface area contributed by atoms with Crippen LogP contribution in [-0.2, 0) is 0 Å². The molecule has 0 heterocycles. The quantitative estimate of drug-likeness (QED) is 0.282. The van der Waals surface area contributed by atoms with Gasteiger partial charge in [0.25, 0.3) is 0 Å². The second-order valence-electron chi connectivity index (χ2n) is 5.71. The predicted molar refractivity (Wildman–Crippen MR) is 112 cm³/mol. The highest BCUT2D eigenvalue weighted by Gasteiger charge is 2.04. The first-order valence-electron chi connectivity index (χ1n) is 7.76. The predicted octanol–water partition coefficient (Wildman–Crippen LogP) is 7.69. The van der Waals surface area contributed by atoms with E-state index in [2.05, 4.69) is 117 Å². The molecule has 0 aromatic heterocycles. The summed E-state index contributed by atoms with van der Waals surface area (Å²) < 4.78 is 2.27. The van der Waals surface area contributed by atoms with E-state index < -0.39 is 0 Å². The van der Waals surface area contributed by atoms with Crippen LogP contribution in [0.25, 0.3) is 33.7 Å². The van der Waals surface area contributed by atoms with E-state index in [1.165, 1.54) is 32.7 Å². The SMILES string of the molecule is Brc1c(/C=C/c2ccc3ccccc3c2Br)ccc2ccccc12. The fraction of sp³-hybridized carbons (Fsp3) is 0. The van der Waals surface area contributed by atoms with Crippen LogP contribution in [0.3, 0.4) is 0 Å². The van der Waals surface area contributed by atoms with E-state index in [0.717, 1.165) is 8.95 Å². The van der Waals surface area contributed by atoms with Gasteiger partial charge in [-0.15, -0.1) is 0 Å². The summed E-state index contributed by atoms with van der Waals surface area (Å²) in [6.07, 6.45) is 4.32. The van der Waals surface area contributed by atoms with Crippen LogP contribution < -0.4 is 0 Å². The maximum Gasteiger partial charge on any atom is 0.0326 e. The Bertz CT molecular complexity index is 990. The van der Waals surface area contributed by atoms with Gasteiger partial charge in [-0.1, -0.05) is 84.9 Å². The van der Waals surface area contributed by atoms with Crippen molar-refractivity contribution in [2.24, 2.45) is 0 Å². The van der Waals surface area contributed by atoms with Crippen LogP contribution in [0.2, 0.25) is 0 Å². The molecule has 0 fully saturated rings. The molecule has 24 heavy (non-hydrogen) atoms. The minimum atomic E-state index is 1.13. The molecular weight excluding hydrogens is 424 g/mol. The van der Waals surface area contributed by atoms with Crippen LogP contribution >= 0.6 is 31.9 Å². The zero-order chi connectivity index (χ0) is 16.5. The zero-order valence-corrected chi connectivity index (χ0v) is 16.0. The summed E-state index contributed by atoms with van der Waals surface area (Å²) in [5.74, 6) is 0. The number of rotatable bonds is 2. The van der Waals surface area contributed by atoms with Gasteiger partial charge in [0.2, 0.25) is 0 Å². The monoisotopic (exact) mass is 436 g/mol. The van der Waals surface area contributed by atoms with Crippen molar-refractivity contribution >= 4 is 65.6 Å². The molecule has 4 rings (SSSR count). The van der Waals surface area contributed by atoms with Crippen LogP contribution in [0.5, 0.6) is 0 Å². The lowest BCUT2D eigenvalue weighted by atomic mass is 10.0. The van der Waals surface area contributed by atoms with E-state index in [4.69, 9.17) is 0 Å². The standard InChI is InChI=1S/C22H14Br2/c23-21-17(11-9-15-5-1-3-7-19(15)21)13-14-18-12-10-16-6-2-4-8-20(16)22(18)24/h1-14H/b14-13+. The van der Waals surface area contributed by atoms with Crippen LogP contribution in [0.4, 0.5) is 0 Å². The third-order valence-electron chi connectivity index (χ3n) is 4.23. The van der Waals surface area contributed by atoms with E-state index in [1.807, 2.05) is 0 Å². The minimum absolute atomic E-state index is 1.13. The maximum atomic E-state index is 3.75. The van der Waals surface area contributed by atoms with Crippen LogP contribution in [-0.4, -0.2) is 0 Å². The molecular formula is C22H14Br2. The lowest BCUT2D eigenvalue weighted by Gasteiger charge is -2.06. The van der Waals surface area contributed by atoms with Gasteiger partial charge in [-0.3, -0.25) is 0 Å². The van der Waals surface area contributed by atoms with Gasteiger partial charge in [0.1, 0.15) is 0 Å². The van der Waals surface area contributed by atoms with Crippen molar-refractivity contribution in [2.75, 3.05) is 0 Å². The van der Waals surface area contributed by atoms with Gasteiger partial charge >= 0.3 is 0 Å². The van der Waals surface area contributed by atoms with E-state index >= 15 is 0 Å². The third kappa shape index (κ3) is 2.81. The summed E-state index contributed by atoms with van der Waals surface area (Å²) in [7, 11) is 0. The lowest BCUT2D eigenvalue weighted by Crippen LogP contribution is -1.82. The van der Waals surface area contributed by atoms with Crippen molar-refractivity contribution in [3.8, 4) is 0 Å². The second-order valence-corrected chi connectivity index (χ2v) is 7.30. The summed E-state index contributed by atoms with van der Waals surface area (Å²) in [5.41, 5.74) is 2.35. The smallest absolute Gasteiger partial charge is 0.0326 e. The highest BCUT2D eigenvalue weighted by molar-refractivity contribution is 9.11. The first kappa shape index (κ1) is 15.6. The molecule has 116 valence electrons. The van der Waals surface area contributed by atoms with Gasteiger partial charge in [0, 0.05) is 8.95 Å². The zero-order valence-electron chi connectivity index (χ0n) is 12.8. The van der Waals surface area contributed by atoms with Gasteiger partial charge in [-0.05, 0) is 64.5 Å². The Morgan fingerprint density at radius 3 is 1.38 bits per heavy atom. The Morgan fingerprint density at radius 2 is 0.917 bits per heavy atom. The number of halogens is 2. The fourth-order valence-corrected chi connectivity index (χ4v) is 4.19. The molecule has 0 saturated heterocycles. The van der Waals surface area contributed by atoms with Gasteiger partial charge < -0.3 is 0 Å². The average molecular weight is 438 g/mol. The highest BCUT2D eigenvalue weighted by atomic mass is 79.9. The molecule has 0 amide bonds. The number of hydrogen-bond acceptors (Lipinski definition) is 0. The Kier molecular flexibility index (Phi) is 4.26. The Hall–Kier alpha value is -1.90. The van der Waals surface area contributed by atoms with Crippen molar-refractivity contribution in [3.05, 3.63) is 92.9 Å². The Morgan fingerprint density at radius 1 is 0.500 bits per heavy atom. The number of fused-ring (bicyclic) bond motifs is 2. The van der Waals surface area contributed by atoms with Gasteiger partial charge in [-0.25, -0.2) is 0 Å². The molecule has 0 N–H and O–H groups in total. The second kappa shape index (κ2) is 6.54. The Balaban J connectivity index is 1.78.